The number of methoxy groups -OCH3 is 1. The van der Waals surface area contributed by atoms with Crippen molar-refractivity contribution in [3.05, 3.63) is 52.8 Å². The van der Waals surface area contributed by atoms with Crippen molar-refractivity contribution < 1.29 is 19.0 Å². The maximum Gasteiger partial charge on any atom is 0.228 e. The Morgan fingerprint density at radius 2 is 2.14 bits per heavy atom. The summed E-state index contributed by atoms with van der Waals surface area (Å²) in [5, 5.41) is 12.4. The topological polar surface area (TPSA) is 58.6 Å². The molecule has 0 radical (unpaired) electrons. The number of carbonyl (C=O) groups is 1. The standard InChI is InChI=1S/C15H13ClFNO3/c1-21-14-6-5-9(7-13(14)19)18-15(20)8-10-11(16)3-2-4-12(10)17/h2-7,19H,8H2,1H3,(H,18,20). The van der Waals surface area contributed by atoms with Gasteiger partial charge in [-0.3, -0.25) is 4.79 Å². The first-order valence-electron chi connectivity index (χ1n) is 6.11. The molecular weight excluding hydrogens is 297 g/mol. The van der Waals surface area contributed by atoms with E-state index in [0.29, 0.717) is 11.4 Å². The zero-order valence-corrected chi connectivity index (χ0v) is 11.9. The van der Waals surface area contributed by atoms with Gasteiger partial charge in [-0.05, 0) is 24.3 Å². The summed E-state index contributed by atoms with van der Waals surface area (Å²) in [4.78, 5) is 11.9. The van der Waals surface area contributed by atoms with Crippen molar-refractivity contribution in [3.8, 4) is 11.5 Å². The monoisotopic (exact) mass is 309 g/mol. The smallest absolute Gasteiger partial charge is 0.228 e. The molecule has 0 saturated carbocycles. The van der Waals surface area contributed by atoms with Gasteiger partial charge in [0.15, 0.2) is 11.5 Å². The average Bonchev–Trinajstić information content (AvgIpc) is 2.43. The lowest BCUT2D eigenvalue weighted by Crippen LogP contribution is -2.15. The molecule has 21 heavy (non-hydrogen) atoms. The molecule has 0 spiro atoms. The van der Waals surface area contributed by atoms with E-state index in [2.05, 4.69) is 5.32 Å². The normalized spacial score (nSPS) is 10.2. The van der Waals surface area contributed by atoms with Crippen molar-refractivity contribution in [1.82, 2.24) is 0 Å². The Bertz CT molecular complexity index is 656. The first kappa shape index (κ1) is 15.1. The second-order valence-electron chi connectivity index (χ2n) is 4.31. The van der Waals surface area contributed by atoms with Crippen LogP contribution in [0.25, 0.3) is 0 Å². The van der Waals surface area contributed by atoms with Crippen LogP contribution in [0.5, 0.6) is 11.5 Å². The summed E-state index contributed by atoms with van der Waals surface area (Å²) >= 11 is 5.86. The van der Waals surface area contributed by atoms with Gasteiger partial charge in [0.1, 0.15) is 5.82 Å². The van der Waals surface area contributed by atoms with E-state index in [1.807, 2.05) is 0 Å². The third kappa shape index (κ3) is 3.64. The number of phenolic OH excluding ortho intramolecular Hbond substituents is 1. The highest BCUT2D eigenvalue weighted by Gasteiger charge is 2.12. The highest BCUT2D eigenvalue weighted by molar-refractivity contribution is 6.31. The van der Waals surface area contributed by atoms with Crippen molar-refractivity contribution in [3.63, 3.8) is 0 Å². The molecule has 0 aliphatic heterocycles. The molecule has 2 aromatic rings. The van der Waals surface area contributed by atoms with Gasteiger partial charge in [-0.25, -0.2) is 4.39 Å². The van der Waals surface area contributed by atoms with Gasteiger partial charge in [-0.1, -0.05) is 17.7 Å². The predicted octanol–water partition coefficient (Wildman–Crippen LogP) is 3.37. The predicted molar refractivity (Wildman–Crippen MR) is 78.4 cm³/mol. The Morgan fingerprint density at radius 1 is 1.38 bits per heavy atom. The zero-order valence-electron chi connectivity index (χ0n) is 11.2. The minimum absolute atomic E-state index is 0.0979. The lowest BCUT2D eigenvalue weighted by molar-refractivity contribution is -0.115. The fourth-order valence-corrected chi connectivity index (χ4v) is 2.06. The van der Waals surface area contributed by atoms with Crippen LogP contribution in [0.3, 0.4) is 0 Å². The number of hydrogen-bond donors (Lipinski definition) is 2. The van der Waals surface area contributed by atoms with Crippen LogP contribution in [0.2, 0.25) is 5.02 Å². The van der Waals surface area contributed by atoms with E-state index in [1.165, 1.54) is 37.4 Å². The van der Waals surface area contributed by atoms with Gasteiger partial charge in [-0.2, -0.15) is 0 Å². The van der Waals surface area contributed by atoms with Crippen LogP contribution < -0.4 is 10.1 Å². The third-order valence-corrected chi connectivity index (χ3v) is 3.22. The molecule has 0 aliphatic carbocycles. The van der Waals surface area contributed by atoms with E-state index in [9.17, 15) is 14.3 Å². The van der Waals surface area contributed by atoms with E-state index >= 15 is 0 Å². The molecule has 0 unspecified atom stereocenters. The SMILES string of the molecule is COc1ccc(NC(=O)Cc2c(F)cccc2Cl)cc1O. The summed E-state index contributed by atoms with van der Waals surface area (Å²) in [6.07, 6.45) is -0.196. The number of benzene rings is 2. The van der Waals surface area contributed by atoms with Crippen LogP contribution >= 0.6 is 11.6 Å². The van der Waals surface area contributed by atoms with Crippen molar-refractivity contribution in [2.75, 3.05) is 12.4 Å². The lowest BCUT2D eigenvalue weighted by atomic mass is 10.1. The fourth-order valence-electron chi connectivity index (χ4n) is 1.83. The third-order valence-electron chi connectivity index (χ3n) is 2.86. The maximum absolute atomic E-state index is 13.6. The van der Waals surface area contributed by atoms with Gasteiger partial charge in [-0.15, -0.1) is 0 Å². The molecule has 6 heteroatoms. The minimum atomic E-state index is -0.532. The van der Waals surface area contributed by atoms with Crippen LogP contribution in [-0.4, -0.2) is 18.1 Å². The molecule has 0 saturated heterocycles. The Morgan fingerprint density at radius 3 is 2.76 bits per heavy atom. The molecular formula is C15H13ClFNO3. The summed E-state index contributed by atoms with van der Waals surface area (Å²) in [6.45, 7) is 0. The van der Waals surface area contributed by atoms with Gasteiger partial charge in [0.05, 0.1) is 13.5 Å². The molecule has 1 amide bonds. The fraction of sp³-hybridized carbons (Fsp3) is 0.133. The molecule has 0 fully saturated rings. The van der Waals surface area contributed by atoms with E-state index in [0.717, 1.165) is 0 Å². The summed E-state index contributed by atoms with van der Waals surface area (Å²) in [5.74, 6) is -0.772. The summed E-state index contributed by atoms with van der Waals surface area (Å²) in [7, 11) is 1.42. The van der Waals surface area contributed by atoms with Crippen LogP contribution in [0.4, 0.5) is 10.1 Å². The highest BCUT2D eigenvalue weighted by Crippen LogP contribution is 2.28. The summed E-state index contributed by atoms with van der Waals surface area (Å²) in [6, 6.07) is 8.67. The van der Waals surface area contributed by atoms with E-state index in [-0.39, 0.29) is 22.8 Å². The van der Waals surface area contributed by atoms with Crippen LogP contribution in [0.1, 0.15) is 5.56 Å². The first-order valence-corrected chi connectivity index (χ1v) is 6.49. The number of aromatic hydroxyl groups is 1. The lowest BCUT2D eigenvalue weighted by Gasteiger charge is -2.09. The largest absolute Gasteiger partial charge is 0.504 e. The van der Waals surface area contributed by atoms with Crippen LogP contribution in [0.15, 0.2) is 36.4 Å². The van der Waals surface area contributed by atoms with Crippen molar-refractivity contribution >= 4 is 23.2 Å². The Labute approximate surface area is 126 Å². The molecule has 2 rings (SSSR count). The maximum atomic E-state index is 13.6. The number of ether oxygens (including phenoxy) is 1. The molecule has 2 aromatic carbocycles. The van der Waals surface area contributed by atoms with Crippen molar-refractivity contribution in [1.29, 1.82) is 0 Å². The molecule has 4 nitrogen and oxygen atoms in total. The second kappa shape index (κ2) is 6.45. The number of hydrogen-bond acceptors (Lipinski definition) is 3. The number of nitrogens with one attached hydrogen (secondary N) is 1. The summed E-state index contributed by atoms with van der Waals surface area (Å²) in [5.41, 5.74) is 0.514. The van der Waals surface area contributed by atoms with Gasteiger partial charge < -0.3 is 15.2 Å². The second-order valence-corrected chi connectivity index (χ2v) is 4.72. The molecule has 0 heterocycles. The van der Waals surface area contributed by atoms with Gasteiger partial charge in [0, 0.05) is 22.3 Å². The van der Waals surface area contributed by atoms with Gasteiger partial charge in [0.2, 0.25) is 5.91 Å². The zero-order chi connectivity index (χ0) is 15.4. The summed E-state index contributed by atoms with van der Waals surface area (Å²) < 4.78 is 18.5. The minimum Gasteiger partial charge on any atom is -0.504 e. The molecule has 110 valence electrons. The molecule has 0 bridgehead atoms. The highest BCUT2D eigenvalue weighted by atomic mass is 35.5. The van der Waals surface area contributed by atoms with E-state index < -0.39 is 11.7 Å². The first-order chi connectivity index (χ1) is 10.0. The number of phenols is 1. The number of anilines is 1. The number of carbonyl (C=O) groups excluding carboxylic acids is 1. The number of rotatable bonds is 4. The average molecular weight is 310 g/mol. The van der Waals surface area contributed by atoms with Crippen molar-refractivity contribution in [2.24, 2.45) is 0 Å². The molecule has 0 aromatic heterocycles. The van der Waals surface area contributed by atoms with Gasteiger partial charge >= 0.3 is 0 Å². The number of amides is 1. The Kier molecular flexibility index (Phi) is 4.65. The van der Waals surface area contributed by atoms with Gasteiger partial charge in [0.25, 0.3) is 0 Å². The Balaban J connectivity index is 2.10. The quantitative estimate of drug-likeness (QED) is 0.910. The molecule has 0 atom stereocenters. The van der Waals surface area contributed by atoms with Crippen molar-refractivity contribution in [2.45, 2.75) is 6.42 Å². The van der Waals surface area contributed by atoms with E-state index in [4.69, 9.17) is 16.3 Å². The van der Waals surface area contributed by atoms with Crippen LogP contribution in [-0.2, 0) is 11.2 Å². The van der Waals surface area contributed by atoms with Crippen LogP contribution in [0, 0.1) is 5.82 Å². The Hall–Kier alpha value is -2.27. The molecule has 2 N–H and O–H groups in total. The number of halogens is 2. The molecule has 0 aliphatic rings. The van der Waals surface area contributed by atoms with E-state index in [1.54, 1.807) is 6.07 Å².